The molecule has 0 amide bonds. The van der Waals surface area contributed by atoms with Crippen molar-refractivity contribution in [3.63, 3.8) is 0 Å². The van der Waals surface area contributed by atoms with Gasteiger partial charge in [-0.1, -0.05) is 26.8 Å². The number of nitrogens with one attached hydrogen (secondary N) is 1. The van der Waals surface area contributed by atoms with Crippen molar-refractivity contribution >= 4 is 5.82 Å². The maximum absolute atomic E-state index is 4.66. The molecule has 1 aromatic heterocycles. The fraction of sp³-hybridized carbons (Fsp3) is 0.688. The molecule has 0 radical (unpaired) electrons. The zero-order chi connectivity index (χ0) is 14.3. The molecule has 0 aliphatic carbocycles. The van der Waals surface area contributed by atoms with Gasteiger partial charge in [-0.05, 0) is 44.9 Å². The molecule has 3 heteroatoms. The summed E-state index contributed by atoms with van der Waals surface area (Å²) >= 11 is 0. The van der Waals surface area contributed by atoms with Crippen LogP contribution >= 0.6 is 0 Å². The molecule has 0 spiro atoms. The van der Waals surface area contributed by atoms with E-state index in [-0.39, 0.29) is 0 Å². The van der Waals surface area contributed by atoms with E-state index in [1.165, 1.54) is 6.42 Å². The van der Waals surface area contributed by atoms with Crippen molar-refractivity contribution in [1.29, 1.82) is 0 Å². The molecular weight excluding hydrogens is 234 g/mol. The summed E-state index contributed by atoms with van der Waals surface area (Å²) in [6, 6.07) is 6.82. The molecule has 0 saturated heterocycles. The molecule has 1 heterocycles. The Morgan fingerprint density at radius 2 is 2.00 bits per heavy atom. The standard InChI is InChI=1S/C16H29N3/c1-6-10-17-16-9-7-8-15(18-16)12-19(5)14(4)11-13(2)3/h7-9,13-14H,6,10-12H2,1-5H3,(H,17,18). The lowest BCUT2D eigenvalue weighted by Gasteiger charge is -2.25. The minimum atomic E-state index is 0.592. The molecule has 3 nitrogen and oxygen atoms in total. The van der Waals surface area contributed by atoms with E-state index >= 15 is 0 Å². The summed E-state index contributed by atoms with van der Waals surface area (Å²) in [4.78, 5) is 7.04. The van der Waals surface area contributed by atoms with Gasteiger partial charge in [0.1, 0.15) is 5.82 Å². The van der Waals surface area contributed by atoms with Gasteiger partial charge in [-0.3, -0.25) is 4.90 Å². The number of anilines is 1. The second-order valence-electron chi connectivity index (χ2n) is 5.83. The third kappa shape index (κ3) is 6.06. The number of nitrogens with zero attached hydrogens (tertiary/aromatic N) is 2. The average molecular weight is 263 g/mol. The van der Waals surface area contributed by atoms with Crippen LogP contribution in [0.4, 0.5) is 5.82 Å². The molecule has 1 unspecified atom stereocenters. The Hall–Kier alpha value is -1.09. The van der Waals surface area contributed by atoms with Crippen molar-refractivity contribution in [2.24, 2.45) is 5.92 Å². The summed E-state index contributed by atoms with van der Waals surface area (Å²) in [6.07, 6.45) is 2.35. The zero-order valence-corrected chi connectivity index (χ0v) is 13.1. The van der Waals surface area contributed by atoms with Crippen LogP contribution in [0.1, 0.15) is 46.2 Å². The van der Waals surface area contributed by atoms with Crippen molar-refractivity contribution in [3.8, 4) is 0 Å². The van der Waals surface area contributed by atoms with Crippen LogP contribution in [-0.4, -0.2) is 29.5 Å². The van der Waals surface area contributed by atoms with E-state index in [9.17, 15) is 0 Å². The molecule has 0 aliphatic rings. The highest BCUT2D eigenvalue weighted by Gasteiger charge is 2.12. The van der Waals surface area contributed by atoms with Crippen LogP contribution in [-0.2, 0) is 6.54 Å². The molecule has 0 fully saturated rings. The smallest absolute Gasteiger partial charge is 0.126 e. The lowest BCUT2D eigenvalue weighted by Crippen LogP contribution is -2.30. The quantitative estimate of drug-likeness (QED) is 0.774. The maximum atomic E-state index is 4.66. The van der Waals surface area contributed by atoms with E-state index in [2.05, 4.69) is 62.1 Å². The highest BCUT2D eigenvalue weighted by Crippen LogP contribution is 2.13. The Bertz CT molecular complexity index is 363. The second kappa shape index (κ2) is 8.16. The van der Waals surface area contributed by atoms with Gasteiger partial charge >= 0.3 is 0 Å². The fourth-order valence-corrected chi connectivity index (χ4v) is 2.19. The highest BCUT2D eigenvalue weighted by atomic mass is 15.1. The largest absolute Gasteiger partial charge is 0.370 e. The first kappa shape index (κ1) is 16.0. The first-order chi connectivity index (χ1) is 9.02. The van der Waals surface area contributed by atoms with Crippen molar-refractivity contribution in [2.45, 2.75) is 53.1 Å². The minimum absolute atomic E-state index is 0.592. The van der Waals surface area contributed by atoms with Crippen LogP contribution in [0.3, 0.4) is 0 Å². The lowest BCUT2D eigenvalue weighted by molar-refractivity contribution is 0.218. The normalized spacial score (nSPS) is 13.0. The van der Waals surface area contributed by atoms with Gasteiger partial charge < -0.3 is 5.32 Å². The lowest BCUT2D eigenvalue weighted by atomic mass is 10.0. The predicted octanol–water partition coefficient (Wildman–Crippen LogP) is 3.77. The topological polar surface area (TPSA) is 28.2 Å². The molecule has 1 atom stereocenters. The summed E-state index contributed by atoms with van der Waals surface area (Å²) in [6.45, 7) is 10.9. The van der Waals surface area contributed by atoms with E-state index < -0.39 is 0 Å². The van der Waals surface area contributed by atoms with E-state index in [0.29, 0.717) is 6.04 Å². The van der Waals surface area contributed by atoms with Gasteiger partial charge in [-0.25, -0.2) is 4.98 Å². The monoisotopic (exact) mass is 263 g/mol. The molecule has 0 aromatic carbocycles. The molecule has 19 heavy (non-hydrogen) atoms. The van der Waals surface area contributed by atoms with Gasteiger partial charge in [0.15, 0.2) is 0 Å². The molecule has 1 rings (SSSR count). The Morgan fingerprint density at radius 1 is 1.26 bits per heavy atom. The van der Waals surface area contributed by atoms with Gasteiger partial charge in [0.05, 0.1) is 5.69 Å². The summed E-state index contributed by atoms with van der Waals surface area (Å²) in [7, 11) is 2.18. The Morgan fingerprint density at radius 3 is 2.63 bits per heavy atom. The van der Waals surface area contributed by atoms with Crippen molar-refractivity contribution in [2.75, 3.05) is 18.9 Å². The molecule has 1 aromatic rings. The van der Waals surface area contributed by atoms with Gasteiger partial charge in [0.2, 0.25) is 0 Å². The summed E-state index contributed by atoms with van der Waals surface area (Å²) < 4.78 is 0. The Kier molecular flexibility index (Phi) is 6.85. The van der Waals surface area contributed by atoms with Gasteiger partial charge in [0.25, 0.3) is 0 Å². The molecule has 1 N–H and O–H groups in total. The summed E-state index contributed by atoms with van der Waals surface area (Å²) in [5.41, 5.74) is 1.14. The van der Waals surface area contributed by atoms with Crippen molar-refractivity contribution < 1.29 is 0 Å². The van der Waals surface area contributed by atoms with Crippen LogP contribution in [0.2, 0.25) is 0 Å². The second-order valence-corrected chi connectivity index (χ2v) is 5.83. The van der Waals surface area contributed by atoms with Crippen LogP contribution in [0.25, 0.3) is 0 Å². The number of rotatable bonds is 8. The van der Waals surface area contributed by atoms with Crippen LogP contribution in [0, 0.1) is 5.92 Å². The number of hydrogen-bond donors (Lipinski definition) is 1. The third-order valence-electron chi connectivity index (χ3n) is 3.34. The number of aromatic nitrogens is 1. The van der Waals surface area contributed by atoms with Crippen molar-refractivity contribution in [1.82, 2.24) is 9.88 Å². The number of pyridine rings is 1. The summed E-state index contributed by atoms with van der Waals surface area (Å²) in [5, 5.41) is 3.34. The van der Waals surface area contributed by atoms with Gasteiger partial charge in [0, 0.05) is 19.1 Å². The zero-order valence-electron chi connectivity index (χ0n) is 13.1. The number of hydrogen-bond acceptors (Lipinski definition) is 3. The van der Waals surface area contributed by atoms with Crippen LogP contribution in [0.15, 0.2) is 18.2 Å². The van der Waals surface area contributed by atoms with E-state index in [4.69, 9.17) is 0 Å². The molecule has 0 bridgehead atoms. The molecule has 108 valence electrons. The Labute approximate surface area is 118 Å². The first-order valence-electron chi connectivity index (χ1n) is 7.43. The van der Waals surface area contributed by atoms with Crippen molar-refractivity contribution in [3.05, 3.63) is 23.9 Å². The fourth-order valence-electron chi connectivity index (χ4n) is 2.19. The minimum Gasteiger partial charge on any atom is -0.370 e. The highest BCUT2D eigenvalue weighted by molar-refractivity contribution is 5.35. The third-order valence-corrected chi connectivity index (χ3v) is 3.34. The average Bonchev–Trinajstić information content (AvgIpc) is 2.36. The van der Waals surface area contributed by atoms with Crippen LogP contribution < -0.4 is 5.32 Å². The summed E-state index contributed by atoms with van der Waals surface area (Å²) in [5.74, 6) is 1.73. The maximum Gasteiger partial charge on any atom is 0.126 e. The van der Waals surface area contributed by atoms with E-state index in [0.717, 1.165) is 36.9 Å². The SMILES string of the molecule is CCCNc1cccc(CN(C)C(C)CC(C)C)n1. The molecular formula is C16H29N3. The van der Waals surface area contributed by atoms with Gasteiger partial charge in [-0.15, -0.1) is 0 Å². The molecule has 0 saturated carbocycles. The van der Waals surface area contributed by atoms with E-state index in [1.807, 2.05) is 6.07 Å². The first-order valence-corrected chi connectivity index (χ1v) is 7.43. The Balaban J connectivity index is 2.55. The van der Waals surface area contributed by atoms with Gasteiger partial charge in [-0.2, -0.15) is 0 Å². The van der Waals surface area contributed by atoms with Crippen LogP contribution in [0.5, 0.6) is 0 Å². The predicted molar refractivity (Wildman–Crippen MR) is 83.4 cm³/mol. The van der Waals surface area contributed by atoms with E-state index in [1.54, 1.807) is 0 Å². The molecule has 0 aliphatic heterocycles.